The van der Waals surface area contributed by atoms with Gasteiger partial charge in [-0.15, -0.1) is 0 Å². The average Bonchev–Trinajstić information content (AvgIpc) is 2.88. The molecule has 1 saturated carbocycles. The van der Waals surface area contributed by atoms with E-state index in [0.29, 0.717) is 0 Å². The first-order valence-corrected chi connectivity index (χ1v) is 6.10. The van der Waals surface area contributed by atoms with Crippen LogP contribution in [0.25, 0.3) is 0 Å². The van der Waals surface area contributed by atoms with Gasteiger partial charge in [0.25, 0.3) is 5.91 Å². The fourth-order valence-electron chi connectivity index (χ4n) is 2.04. The number of hydroxylamine groups is 1. The van der Waals surface area contributed by atoms with Crippen LogP contribution in [0.2, 0.25) is 0 Å². The number of rotatable bonds is 3. The number of halogens is 3. The number of carbonyl (C=O) groups excluding carboxylic acids is 1. The monoisotopic (exact) mass is 273 g/mol. The Morgan fingerprint density at radius 1 is 1.26 bits per heavy atom. The Kier molecular flexibility index (Phi) is 4.09. The van der Waals surface area contributed by atoms with Gasteiger partial charge in [0.05, 0.1) is 11.7 Å². The minimum absolute atomic E-state index is 0.0326. The van der Waals surface area contributed by atoms with Crippen molar-refractivity contribution in [2.75, 3.05) is 0 Å². The van der Waals surface area contributed by atoms with Gasteiger partial charge in [-0.1, -0.05) is 18.9 Å². The van der Waals surface area contributed by atoms with Crippen molar-refractivity contribution in [3.8, 4) is 0 Å². The average molecular weight is 273 g/mol. The van der Waals surface area contributed by atoms with Gasteiger partial charge >= 0.3 is 6.18 Å². The molecule has 1 amide bonds. The molecular formula is C13H14F3NO2. The molecule has 0 saturated heterocycles. The van der Waals surface area contributed by atoms with Crippen LogP contribution in [0.5, 0.6) is 0 Å². The van der Waals surface area contributed by atoms with Gasteiger partial charge in [-0.2, -0.15) is 13.2 Å². The maximum atomic E-state index is 12.5. The second-order valence-corrected chi connectivity index (χ2v) is 4.53. The summed E-state index contributed by atoms with van der Waals surface area (Å²) in [6, 6.07) is 4.26. The molecule has 0 radical (unpaired) electrons. The predicted octanol–water partition coefficient (Wildman–Crippen LogP) is 3.31. The highest BCUT2D eigenvalue weighted by molar-refractivity contribution is 5.93. The van der Waals surface area contributed by atoms with Gasteiger partial charge in [-0.05, 0) is 31.0 Å². The summed E-state index contributed by atoms with van der Waals surface area (Å²) in [5.74, 6) is -0.655. The minimum Gasteiger partial charge on any atom is -0.270 e. The first-order valence-electron chi connectivity index (χ1n) is 6.10. The smallest absolute Gasteiger partial charge is 0.270 e. The lowest BCUT2D eigenvalue weighted by Crippen LogP contribution is -2.28. The molecule has 2 rings (SSSR count). The Balaban J connectivity index is 1.98. The van der Waals surface area contributed by atoms with Crippen LogP contribution in [0.1, 0.15) is 41.6 Å². The maximum absolute atomic E-state index is 12.5. The first-order chi connectivity index (χ1) is 8.97. The van der Waals surface area contributed by atoms with Gasteiger partial charge in [0.2, 0.25) is 0 Å². The summed E-state index contributed by atoms with van der Waals surface area (Å²) in [5.41, 5.74) is 1.30. The molecule has 0 aliphatic heterocycles. The van der Waals surface area contributed by atoms with Crippen LogP contribution in [0.15, 0.2) is 24.3 Å². The third-order valence-corrected chi connectivity index (χ3v) is 3.07. The Morgan fingerprint density at radius 3 is 2.58 bits per heavy atom. The SMILES string of the molecule is O=C(NOC1CCCC1)c1cccc(C(F)(F)F)c1. The van der Waals surface area contributed by atoms with Crippen LogP contribution in [-0.4, -0.2) is 12.0 Å². The summed E-state index contributed by atoms with van der Waals surface area (Å²) in [6.07, 6.45) is -0.669. The van der Waals surface area contributed by atoms with Crippen LogP contribution in [-0.2, 0) is 11.0 Å². The quantitative estimate of drug-likeness (QED) is 0.858. The van der Waals surface area contributed by atoms with Crippen LogP contribution >= 0.6 is 0 Å². The third kappa shape index (κ3) is 3.70. The van der Waals surface area contributed by atoms with Gasteiger partial charge in [-0.25, -0.2) is 5.48 Å². The van der Waals surface area contributed by atoms with E-state index in [1.165, 1.54) is 12.1 Å². The number of hydrogen-bond acceptors (Lipinski definition) is 2. The standard InChI is InChI=1S/C13H14F3NO2/c14-13(15,16)10-5-3-4-9(8-10)12(18)17-19-11-6-1-2-7-11/h3-5,8,11H,1-2,6-7H2,(H,17,18). The van der Waals surface area contributed by atoms with Crippen molar-refractivity contribution >= 4 is 5.91 Å². The van der Waals surface area contributed by atoms with E-state index in [1.807, 2.05) is 0 Å². The molecule has 3 nitrogen and oxygen atoms in total. The molecule has 6 heteroatoms. The minimum atomic E-state index is -4.46. The van der Waals surface area contributed by atoms with Crippen molar-refractivity contribution in [2.45, 2.75) is 38.0 Å². The van der Waals surface area contributed by atoms with Gasteiger partial charge in [0.15, 0.2) is 0 Å². The molecule has 0 spiro atoms. The highest BCUT2D eigenvalue weighted by Crippen LogP contribution is 2.29. The number of amides is 1. The molecular weight excluding hydrogens is 259 g/mol. The zero-order valence-electron chi connectivity index (χ0n) is 10.2. The largest absolute Gasteiger partial charge is 0.416 e. The predicted molar refractivity (Wildman–Crippen MR) is 62.3 cm³/mol. The summed E-state index contributed by atoms with van der Waals surface area (Å²) in [5, 5.41) is 0. The third-order valence-electron chi connectivity index (χ3n) is 3.07. The molecule has 0 unspecified atom stereocenters. The van der Waals surface area contributed by atoms with E-state index in [0.717, 1.165) is 37.8 Å². The summed E-state index contributed by atoms with van der Waals surface area (Å²) in [6.45, 7) is 0. The number of carbonyl (C=O) groups is 1. The van der Waals surface area contributed by atoms with E-state index >= 15 is 0 Å². The molecule has 104 valence electrons. The van der Waals surface area contributed by atoms with Crippen molar-refractivity contribution < 1.29 is 22.8 Å². The van der Waals surface area contributed by atoms with Crippen molar-refractivity contribution in [1.82, 2.24) is 5.48 Å². The highest BCUT2D eigenvalue weighted by atomic mass is 19.4. The van der Waals surface area contributed by atoms with Gasteiger partial charge in [0, 0.05) is 5.56 Å². The zero-order chi connectivity index (χ0) is 13.9. The second-order valence-electron chi connectivity index (χ2n) is 4.53. The lowest BCUT2D eigenvalue weighted by atomic mass is 10.1. The summed E-state index contributed by atoms with van der Waals surface area (Å²) in [4.78, 5) is 16.8. The molecule has 1 aliphatic carbocycles. The molecule has 0 aromatic heterocycles. The fraction of sp³-hybridized carbons (Fsp3) is 0.462. The molecule has 1 fully saturated rings. The topological polar surface area (TPSA) is 38.3 Å². The Bertz CT molecular complexity index is 453. The summed E-state index contributed by atoms with van der Waals surface area (Å²) in [7, 11) is 0. The highest BCUT2D eigenvalue weighted by Gasteiger charge is 2.31. The van der Waals surface area contributed by atoms with Crippen molar-refractivity contribution in [3.63, 3.8) is 0 Å². The van der Waals surface area contributed by atoms with E-state index < -0.39 is 17.6 Å². The summed E-state index contributed by atoms with van der Waals surface area (Å²) < 4.78 is 37.5. The lowest BCUT2D eigenvalue weighted by Gasteiger charge is -2.12. The number of alkyl halides is 3. The molecule has 1 aromatic rings. The normalized spacial score (nSPS) is 16.6. The first kappa shape index (κ1) is 13.9. The Labute approximate surface area is 108 Å². The molecule has 1 N–H and O–H groups in total. The van der Waals surface area contributed by atoms with Crippen molar-refractivity contribution in [2.24, 2.45) is 0 Å². The molecule has 0 bridgehead atoms. The van der Waals surface area contributed by atoms with E-state index in [2.05, 4.69) is 5.48 Å². The number of hydrogen-bond donors (Lipinski definition) is 1. The van der Waals surface area contributed by atoms with Gasteiger partial charge in [0.1, 0.15) is 0 Å². The molecule has 1 aromatic carbocycles. The molecule has 19 heavy (non-hydrogen) atoms. The Hall–Kier alpha value is -1.56. The lowest BCUT2D eigenvalue weighted by molar-refractivity contribution is -0.137. The Morgan fingerprint density at radius 2 is 1.95 bits per heavy atom. The maximum Gasteiger partial charge on any atom is 0.416 e. The number of benzene rings is 1. The van der Waals surface area contributed by atoms with E-state index in [9.17, 15) is 18.0 Å². The molecule has 1 aliphatic rings. The van der Waals surface area contributed by atoms with Crippen molar-refractivity contribution in [1.29, 1.82) is 0 Å². The second kappa shape index (κ2) is 5.61. The summed E-state index contributed by atoms with van der Waals surface area (Å²) >= 11 is 0. The van der Waals surface area contributed by atoms with Crippen LogP contribution in [0.4, 0.5) is 13.2 Å². The van der Waals surface area contributed by atoms with E-state index in [4.69, 9.17) is 4.84 Å². The zero-order valence-corrected chi connectivity index (χ0v) is 10.2. The molecule has 0 heterocycles. The van der Waals surface area contributed by atoms with E-state index in [-0.39, 0.29) is 11.7 Å². The van der Waals surface area contributed by atoms with Crippen LogP contribution in [0.3, 0.4) is 0 Å². The fourth-order valence-corrected chi connectivity index (χ4v) is 2.04. The van der Waals surface area contributed by atoms with Crippen molar-refractivity contribution in [3.05, 3.63) is 35.4 Å². The van der Waals surface area contributed by atoms with E-state index in [1.54, 1.807) is 0 Å². The van der Waals surface area contributed by atoms with Crippen LogP contribution < -0.4 is 5.48 Å². The number of nitrogens with one attached hydrogen (secondary N) is 1. The molecule has 0 atom stereocenters. The van der Waals surface area contributed by atoms with Gasteiger partial charge in [-0.3, -0.25) is 9.63 Å². The van der Waals surface area contributed by atoms with Crippen LogP contribution in [0, 0.1) is 0 Å². The van der Waals surface area contributed by atoms with Gasteiger partial charge < -0.3 is 0 Å².